The standard InChI is InChI=1S/C21H17F3N4O5S/c1-34(32,33)18-8-12(10-25)2-4-16(18)28(20(30)31)11-14-15(3-5-17(14)29)27-13-6-7-26-19(9-13)21(22,23)24/h2,4,6-9H,3,5,11H2,1H3,(H,26,27)(H,30,31). The van der Waals surface area contributed by atoms with Crippen LogP contribution in [0.1, 0.15) is 24.1 Å². The Morgan fingerprint density at radius 1 is 1.26 bits per heavy atom. The number of allylic oxidation sites excluding steroid dienone is 1. The fourth-order valence-corrected chi connectivity index (χ4v) is 4.28. The van der Waals surface area contributed by atoms with E-state index >= 15 is 0 Å². The molecule has 0 saturated heterocycles. The minimum atomic E-state index is -4.68. The van der Waals surface area contributed by atoms with E-state index in [9.17, 15) is 36.3 Å². The predicted molar refractivity (Wildman–Crippen MR) is 114 cm³/mol. The fraction of sp³-hybridized carbons (Fsp3) is 0.238. The maximum Gasteiger partial charge on any atom is 0.433 e. The summed E-state index contributed by atoms with van der Waals surface area (Å²) >= 11 is 0. The lowest BCUT2D eigenvalue weighted by molar-refractivity contribution is -0.141. The topological polar surface area (TPSA) is 140 Å². The molecule has 0 atom stereocenters. The number of nitrogens with one attached hydrogen (secondary N) is 1. The number of anilines is 2. The number of rotatable bonds is 6. The van der Waals surface area contributed by atoms with Gasteiger partial charge in [-0.2, -0.15) is 18.4 Å². The molecule has 1 aromatic carbocycles. The molecule has 0 spiro atoms. The van der Waals surface area contributed by atoms with Crippen LogP contribution in [0.25, 0.3) is 0 Å². The van der Waals surface area contributed by atoms with E-state index in [1.807, 2.05) is 0 Å². The van der Waals surface area contributed by atoms with Gasteiger partial charge in [-0.3, -0.25) is 14.7 Å². The van der Waals surface area contributed by atoms with Crippen LogP contribution in [0.4, 0.5) is 29.3 Å². The molecule has 2 N–H and O–H groups in total. The number of nitrogens with zero attached hydrogens (tertiary/aromatic N) is 3. The highest BCUT2D eigenvalue weighted by atomic mass is 32.2. The number of pyridine rings is 1. The highest BCUT2D eigenvalue weighted by Gasteiger charge is 2.33. The molecule has 0 fully saturated rings. The maximum atomic E-state index is 13.0. The number of hydrogen-bond acceptors (Lipinski definition) is 7. The molecule has 1 aliphatic rings. The summed E-state index contributed by atoms with van der Waals surface area (Å²) in [6, 6.07) is 7.21. The highest BCUT2D eigenvalue weighted by Crippen LogP contribution is 2.33. The van der Waals surface area contributed by atoms with Crippen molar-refractivity contribution in [1.29, 1.82) is 5.26 Å². The van der Waals surface area contributed by atoms with Crippen molar-refractivity contribution in [2.75, 3.05) is 23.0 Å². The summed E-state index contributed by atoms with van der Waals surface area (Å²) in [7, 11) is -3.96. The van der Waals surface area contributed by atoms with Crippen LogP contribution in [-0.4, -0.2) is 43.2 Å². The Balaban J connectivity index is 2.03. The zero-order valence-electron chi connectivity index (χ0n) is 17.5. The molecule has 1 aliphatic carbocycles. The van der Waals surface area contributed by atoms with Crippen LogP contribution in [0, 0.1) is 11.3 Å². The van der Waals surface area contributed by atoms with Crippen LogP contribution in [0.5, 0.6) is 0 Å². The van der Waals surface area contributed by atoms with E-state index in [0.29, 0.717) is 4.90 Å². The molecule has 1 heterocycles. The van der Waals surface area contributed by atoms with Crippen molar-refractivity contribution in [2.45, 2.75) is 23.9 Å². The predicted octanol–water partition coefficient (Wildman–Crippen LogP) is 3.59. The van der Waals surface area contributed by atoms with Crippen molar-refractivity contribution >= 4 is 33.1 Å². The smallest absolute Gasteiger partial charge is 0.433 e. The molecule has 34 heavy (non-hydrogen) atoms. The normalized spacial score (nSPS) is 14.1. The molecule has 0 aliphatic heterocycles. The highest BCUT2D eigenvalue weighted by molar-refractivity contribution is 7.90. The summed E-state index contributed by atoms with van der Waals surface area (Å²) < 4.78 is 63.4. The van der Waals surface area contributed by atoms with Crippen LogP contribution in [0.3, 0.4) is 0 Å². The molecule has 1 amide bonds. The third-order valence-corrected chi connectivity index (χ3v) is 6.10. The molecule has 178 valence electrons. The lowest BCUT2D eigenvalue weighted by Gasteiger charge is -2.23. The van der Waals surface area contributed by atoms with Gasteiger partial charge in [0.05, 0.1) is 28.8 Å². The van der Waals surface area contributed by atoms with Crippen molar-refractivity contribution in [3.05, 3.63) is 59.1 Å². The summed E-state index contributed by atoms with van der Waals surface area (Å²) in [5.41, 5.74) is -1.22. The van der Waals surface area contributed by atoms with Gasteiger partial charge in [-0.1, -0.05) is 0 Å². The van der Waals surface area contributed by atoms with Gasteiger partial charge in [0, 0.05) is 35.8 Å². The summed E-state index contributed by atoms with van der Waals surface area (Å²) in [6.07, 6.45) is -4.34. The second-order valence-corrected chi connectivity index (χ2v) is 9.35. The number of amides is 1. The summed E-state index contributed by atoms with van der Waals surface area (Å²) in [5, 5.41) is 21.6. The van der Waals surface area contributed by atoms with E-state index in [0.717, 1.165) is 30.7 Å². The van der Waals surface area contributed by atoms with Gasteiger partial charge in [-0.05, 0) is 36.8 Å². The van der Waals surface area contributed by atoms with Crippen molar-refractivity contribution in [2.24, 2.45) is 0 Å². The van der Waals surface area contributed by atoms with E-state index in [4.69, 9.17) is 5.26 Å². The fourth-order valence-electron chi connectivity index (χ4n) is 3.39. The molecular formula is C21H17F3N4O5S. The number of halogens is 3. The minimum Gasteiger partial charge on any atom is -0.465 e. The quantitative estimate of drug-likeness (QED) is 0.621. The van der Waals surface area contributed by atoms with Gasteiger partial charge >= 0.3 is 12.3 Å². The molecule has 0 unspecified atom stereocenters. The van der Waals surface area contributed by atoms with Crippen LogP contribution < -0.4 is 10.2 Å². The monoisotopic (exact) mass is 494 g/mol. The number of carbonyl (C=O) groups excluding carboxylic acids is 1. The first-order valence-electron chi connectivity index (χ1n) is 9.61. The Bertz CT molecular complexity index is 1350. The first-order chi connectivity index (χ1) is 15.8. The number of nitriles is 1. The zero-order valence-corrected chi connectivity index (χ0v) is 18.4. The van der Waals surface area contributed by atoms with Gasteiger partial charge in [0.15, 0.2) is 15.6 Å². The van der Waals surface area contributed by atoms with E-state index in [-0.39, 0.29) is 41.1 Å². The summed E-state index contributed by atoms with van der Waals surface area (Å²) in [6.45, 7) is -0.553. The lowest BCUT2D eigenvalue weighted by atomic mass is 10.1. The van der Waals surface area contributed by atoms with Crippen molar-refractivity contribution in [3.8, 4) is 6.07 Å². The van der Waals surface area contributed by atoms with Gasteiger partial charge < -0.3 is 10.4 Å². The van der Waals surface area contributed by atoms with Crippen LogP contribution in [0.2, 0.25) is 0 Å². The zero-order chi connectivity index (χ0) is 25.3. The van der Waals surface area contributed by atoms with Gasteiger partial charge in [0.1, 0.15) is 5.69 Å². The SMILES string of the molecule is CS(=O)(=O)c1cc(C#N)ccc1N(CC1=C(Nc2ccnc(C(F)(F)F)c2)CCC1=O)C(=O)O. The number of Topliss-reactive ketones (excluding diaryl/α,β-unsaturated/α-hetero) is 1. The number of aromatic nitrogens is 1. The number of sulfone groups is 1. The Morgan fingerprint density at radius 3 is 2.56 bits per heavy atom. The van der Waals surface area contributed by atoms with E-state index in [1.54, 1.807) is 6.07 Å². The average Bonchev–Trinajstić information content (AvgIpc) is 3.09. The average molecular weight is 494 g/mol. The molecular weight excluding hydrogens is 477 g/mol. The third kappa shape index (κ3) is 5.34. The lowest BCUT2D eigenvalue weighted by Crippen LogP contribution is -2.34. The number of ketones is 1. The molecule has 1 aromatic heterocycles. The largest absolute Gasteiger partial charge is 0.465 e. The molecule has 2 aromatic rings. The Labute approximate surface area is 192 Å². The van der Waals surface area contributed by atoms with Crippen LogP contribution in [-0.2, 0) is 20.8 Å². The van der Waals surface area contributed by atoms with Gasteiger partial charge in [0.2, 0.25) is 0 Å². The second kappa shape index (κ2) is 9.14. The van der Waals surface area contributed by atoms with E-state index in [2.05, 4.69) is 10.3 Å². The van der Waals surface area contributed by atoms with Crippen LogP contribution >= 0.6 is 0 Å². The third-order valence-electron chi connectivity index (χ3n) is 4.97. The van der Waals surface area contributed by atoms with Gasteiger partial charge in [0.25, 0.3) is 0 Å². The molecule has 3 rings (SSSR count). The maximum absolute atomic E-state index is 13.0. The second-order valence-electron chi connectivity index (χ2n) is 7.37. The molecule has 13 heteroatoms. The Kier molecular flexibility index (Phi) is 6.65. The van der Waals surface area contributed by atoms with E-state index < -0.39 is 45.0 Å². The van der Waals surface area contributed by atoms with E-state index in [1.165, 1.54) is 12.1 Å². The molecule has 0 saturated carbocycles. The first-order valence-corrected chi connectivity index (χ1v) is 11.5. The Hall–Kier alpha value is -3.92. The number of carbonyl (C=O) groups is 2. The van der Waals surface area contributed by atoms with Crippen molar-refractivity contribution < 1.29 is 36.3 Å². The first kappa shape index (κ1) is 24.7. The number of alkyl halides is 3. The minimum absolute atomic E-state index is 0.00148. The Morgan fingerprint density at radius 2 is 1.97 bits per heavy atom. The summed E-state index contributed by atoms with van der Waals surface area (Å²) in [5.74, 6) is -0.437. The molecule has 9 nitrogen and oxygen atoms in total. The van der Waals surface area contributed by atoms with Crippen molar-refractivity contribution in [1.82, 2.24) is 4.98 Å². The number of benzene rings is 1. The molecule has 0 bridgehead atoms. The van der Waals surface area contributed by atoms with Crippen molar-refractivity contribution in [3.63, 3.8) is 0 Å². The van der Waals surface area contributed by atoms with Crippen LogP contribution in [0.15, 0.2) is 52.7 Å². The van der Waals surface area contributed by atoms with Gasteiger partial charge in [-0.15, -0.1) is 0 Å². The number of carboxylic acid groups (broad SMARTS) is 1. The molecule has 0 radical (unpaired) electrons. The summed E-state index contributed by atoms with van der Waals surface area (Å²) in [4.78, 5) is 28.0. The van der Waals surface area contributed by atoms with Gasteiger partial charge in [-0.25, -0.2) is 13.2 Å². The number of hydrogen-bond donors (Lipinski definition) is 2.